The van der Waals surface area contributed by atoms with Gasteiger partial charge >= 0.3 is 10.3 Å². The lowest BCUT2D eigenvalue weighted by Gasteiger charge is -2.36. The van der Waals surface area contributed by atoms with Crippen LogP contribution >= 0.6 is 0 Å². The molecule has 0 saturated carbocycles. The largest absolute Gasteiger partial charge is 0.385 e. The van der Waals surface area contributed by atoms with Crippen molar-refractivity contribution >= 4 is 16.2 Å². The molecule has 2 fully saturated rings. The van der Waals surface area contributed by atoms with Crippen LogP contribution in [-0.4, -0.2) is 49.7 Å². The minimum absolute atomic E-state index is 0.0777. The van der Waals surface area contributed by atoms with Gasteiger partial charge in [-0.15, -0.1) is 0 Å². The van der Waals surface area contributed by atoms with Crippen LogP contribution in [0.15, 0.2) is 24.3 Å². The molecule has 2 aliphatic rings. The molecule has 2 saturated heterocycles. The summed E-state index contributed by atoms with van der Waals surface area (Å²) in [6.07, 6.45) is 3.35. The molecule has 144 valence electrons. The lowest BCUT2D eigenvalue weighted by Crippen LogP contribution is -2.47. The number of benzene rings is 1. The summed E-state index contributed by atoms with van der Waals surface area (Å²) < 4.78 is 31.5. The van der Waals surface area contributed by atoms with Crippen LogP contribution in [0.2, 0.25) is 0 Å². The number of likely N-dealkylation sites (tertiary alicyclic amines) is 1. The Labute approximate surface area is 156 Å². The van der Waals surface area contributed by atoms with Crippen molar-refractivity contribution in [1.29, 1.82) is 0 Å². The molecule has 1 atom stereocenters. The van der Waals surface area contributed by atoms with E-state index in [1.54, 1.807) is 12.1 Å². The standard InChI is InChI=1S/C19H28N2O4S/c1-15-5-7-18(8-6-15)25-26(23,24)21-12-9-17(10-13-21)19(22)20-11-3-4-16(2)14-20/h5-8,16-17H,3-4,9-14H2,1-2H3/t16-/m0/s1. The van der Waals surface area contributed by atoms with Gasteiger partial charge < -0.3 is 9.08 Å². The molecule has 0 aliphatic carbocycles. The number of aryl methyl sites for hydroxylation is 1. The fourth-order valence-corrected chi connectivity index (χ4v) is 4.86. The van der Waals surface area contributed by atoms with Crippen molar-refractivity contribution in [2.45, 2.75) is 39.5 Å². The second-order valence-electron chi connectivity index (χ2n) is 7.56. The van der Waals surface area contributed by atoms with Gasteiger partial charge in [-0.1, -0.05) is 24.6 Å². The van der Waals surface area contributed by atoms with Gasteiger partial charge in [0.2, 0.25) is 5.91 Å². The van der Waals surface area contributed by atoms with Crippen molar-refractivity contribution in [3.63, 3.8) is 0 Å². The van der Waals surface area contributed by atoms with E-state index in [0.717, 1.165) is 25.1 Å². The summed E-state index contributed by atoms with van der Waals surface area (Å²) in [6.45, 7) is 6.42. The molecule has 0 aromatic heterocycles. The molecule has 0 N–H and O–H groups in total. The highest BCUT2D eigenvalue weighted by molar-refractivity contribution is 7.84. The molecule has 2 heterocycles. The first-order chi connectivity index (χ1) is 12.3. The third-order valence-corrected chi connectivity index (χ3v) is 6.71. The lowest BCUT2D eigenvalue weighted by molar-refractivity contribution is -0.138. The Morgan fingerprint density at radius 1 is 1.08 bits per heavy atom. The molecule has 0 radical (unpaired) electrons. The van der Waals surface area contributed by atoms with E-state index in [4.69, 9.17) is 4.18 Å². The van der Waals surface area contributed by atoms with Crippen molar-refractivity contribution in [1.82, 2.24) is 9.21 Å². The number of amides is 1. The first kappa shape index (κ1) is 19.2. The van der Waals surface area contributed by atoms with Gasteiger partial charge in [0, 0.05) is 32.1 Å². The molecule has 2 aliphatic heterocycles. The summed E-state index contributed by atoms with van der Waals surface area (Å²) in [4.78, 5) is 14.7. The SMILES string of the molecule is Cc1ccc(OS(=O)(=O)N2CCC(C(=O)N3CCC[C@H](C)C3)CC2)cc1. The van der Waals surface area contributed by atoms with Crippen molar-refractivity contribution in [3.05, 3.63) is 29.8 Å². The maximum atomic E-state index is 12.7. The number of piperidine rings is 2. The third kappa shape index (κ3) is 4.57. The van der Waals surface area contributed by atoms with Crippen molar-refractivity contribution < 1.29 is 17.4 Å². The summed E-state index contributed by atoms with van der Waals surface area (Å²) in [5, 5.41) is 0. The molecule has 1 aromatic rings. The summed E-state index contributed by atoms with van der Waals surface area (Å²) in [5.41, 5.74) is 1.04. The van der Waals surface area contributed by atoms with E-state index < -0.39 is 10.3 Å². The van der Waals surface area contributed by atoms with Crippen molar-refractivity contribution in [2.75, 3.05) is 26.2 Å². The van der Waals surface area contributed by atoms with Gasteiger partial charge in [0.15, 0.2) is 0 Å². The van der Waals surface area contributed by atoms with Gasteiger partial charge in [0.05, 0.1) is 0 Å². The van der Waals surface area contributed by atoms with E-state index in [1.807, 2.05) is 24.0 Å². The molecule has 0 bridgehead atoms. The Bertz CT molecular complexity index is 724. The molecule has 0 unspecified atom stereocenters. The summed E-state index contributed by atoms with van der Waals surface area (Å²) >= 11 is 0. The number of hydrogen-bond donors (Lipinski definition) is 0. The van der Waals surface area contributed by atoms with Crippen LogP contribution in [-0.2, 0) is 15.1 Å². The van der Waals surface area contributed by atoms with Gasteiger partial charge in [-0.25, -0.2) is 0 Å². The zero-order valence-electron chi connectivity index (χ0n) is 15.6. The molecule has 3 rings (SSSR count). The Kier molecular flexibility index (Phi) is 5.87. The van der Waals surface area contributed by atoms with Crippen molar-refractivity contribution in [3.8, 4) is 5.75 Å². The normalized spacial score (nSPS) is 23.0. The zero-order chi connectivity index (χ0) is 18.7. The predicted molar refractivity (Wildman–Crippen MR) is 100 cm³/mol. The molecule has 1 aromatic carbocycles. The number of hydrogen-bond acceptors (Lipinski definition) is 4. The van der Waals surface area contributed by atoms with E-state index in [0.29, 0.717) is 37.6 Å². The first-order valence-corrected chi connectivity index (χ1v) is 10.8. The monoisotopic (exact) mass is 380 g/mol. The summed E-state index contributed by atoms with van der Waals surface area (Å²) in [7, 11) is -3.82. The van der Waals surface area contributed by atoms with Crippen LogP contribution in [0.3, 0.4) is 0 Å². The van der Waals surface area contributed by atoms with Gasteiger partial charge in [-0.3, -0.25) is 4.79 Å². The number of carbonyl (C=O) groups excluding carboxylic acids is 1. The van der Waals surface area contributed by atoms with Gasteiger partial charge in [-0.05, 0) is 50.7 Å². The molecule has 26 heavy (non-hydrogen) atoms. The zero-order valence-corrected chi connectivity index (χ0v) is 16.4. The molecule has 7 heteroatoms. The maximum absolute atomic E-state index is 12.7. The first-order valence-electron chi connectivity index (χ1n) is 9.40. The van der Waals surface area contributed by atoms with Crippen LogP contribution in [0.4, 0.5) is 0 Å². The highest BCUT2D eigenvalue weighted by Crippen LogP contribution is 2.26. The predicted octanol–water partition coefficient (Wildman–Crippen LogP) is 2.59. The van der Waals surface area contributed by atoms with Crippen LogP contribution in [0.1, 0.15) is 38.2 Å². The van der Waals surface area contributed by atoms with Crippen LogP contribution < -0.4 is 4.18 Å². The van der Waals surface area contributed by atoms with Gasteiger partial charge in [0.25, 0.3) is 0 Å². The summed E-state index contributed by atoms with van der Waals surface area (Å²) in [5.74, 6) is 0.978. The van der Waals surface area contributed by atoms with E-state index in [9.17, 15) is 13.2 Å². The second kappa shape index (κ2) is 7.96. The Morgan fingerprint density at radius 2 is 1.73 bits per heavy atom. The summed E-state index contributed by atoms with van der Waals surface area (Å²) in [6, 6.07) is 6.94. The van der Waals surface area contributed by atoms with Gasteiger partial charge in [0.1, 0.15) is 5.75 Å². The average molecular weight is 381 g/mol. The fraction of sp³-hybridized carbons (Fsp3) is 0.632. The number of carbonyl (C=O) groups is 1. The number of nitrogens with zero attached hydrogens (tertiary/aromatic N) is 2. The number of rotatable bonds is 4. The highest BCUT2D eigenvalue weighted by atomic mass is 32.2. The van der Waals surface area contributed by atoms with Crippen LogP contribution in [0.25, 0.3) is 0 Å². The minimum atomic E-state index is -3.82. The lowest BCUT2D eigenvalue weighted by atomic mass is 9.93. The Balaban J connectivity index is 1.55. The van der Waals surface area contributed by atoms with E-state index in [1.165, 1.54) is 10.7 Å². The van der Waals surface area contributed by atoms with Crippen LogP contribution in [0.5, 0.6) is 5.75 Å². The minimum Gasteiger partial charge on any atom is -0.371 e. The molecule has 0 spiro atoms. The van der Waals surface area contributed by atoms with E-state index in [2.05, 4.69) is 6.92 Å². The third-order valence-electron chi connectivity index (χ3n) is 5.31. The fourth-order valence-electron chi connectivity index (χ4n) is 3.74. The topological polar surface area (TPSA) is 66.9 Å². The average Bonchev–Trinajstić information content (AvgIpc) is 2.63. The van der Waals surface area contributed by atoms with Gasteiger partial charge in [-0.2, -0.15) is 12.7 Å². The smallest absolute Gasteiger partial charge is 0.371 e. The quantitative estimate of drug-likeness (QED) is 0.805. The molecule has 1 amide bonds. The Morgan fingerprint density at radius 3 is 2.35 bits per heavy atom. The molecular weight excluding hydrogens is 352 g/mol. The van der Waals surface area contributed by atoms with Crippen molar-refractivity contribution in [2.24, 2.45) is 11.8 Å². The Hall–Kier alpha value is -1.60. The van der Waals surface area contributed by atoms with E-state index >= 15 is 0 Å². The maximum Gasteiger partial charge on any atom is 0.385 e. The van der Waals surface area contributed by atoms with Crippen LogP contribution in [0, 0.1) is 18.8 Å². The highest BCUT2D eigenvalue weighted by Gasteiger charge is 2.35. The van der Waals surface area contributed by atoms with E-state index in [-0.39, 0.29) is 11.8 Å². The second-order valence-corrected chi connectivity index (χ2v) is 9.10. The molecule has 6 nitrogen and oxygen atoms in total. The molecular formula is C19H28N2O4S.